The van der Waals surface area contributed by atoms with E-state index in [4.69, 9.17) is 27.9 Å². The summed E-state index contributed by atoms with van der Waals surface area (Å²) in [6.45, 7) is 0.282. The fraction of sp³-hybridized carbons (Fsp3) is 0.100. The van der Waals surface area contributed by atoms with Gasteiger partial charge in [0.1, 0.15) is 12.4 Å². The Balaban J connectivity index is 1.73. The molecule has 0 aliphatic heterocycles. The highest BCUT2D eigenvalue weighted by molar-refractivity contribution is 7.89. The molecule has 3 aromatic rings. The van der Waals surface area contributed by atoms with Crippen LogP contribution in [0.25, 0.3) is 0 Å². The van der Waals surface area contributed by atoms with Crippen LogP contribution in [0.4, 0.5) is 0 Å². The molecule has 4 nitrogen and oxygen atoms in total. The van der Waals surface area contributed by atoms with Gasteiger partial charge in [0.25, 0.3) is 0 Å². The lowest BCUT2D eigenvalue weighted by atomic mass is 10.2. The monoisotopic (exact) mass is 421 g/mol. The highest BCUT2D eigenvalue weighted by atomic mass is 35.5. The van der Waals surface area contributed by atoms with Gasteiger partial charge in [0.2, 0.25) is 10.0 Å². The van der Waals surface area contributed by atoms with Gasteiger partial charge in [0, 0.05) is 27.7 Å². The highest BCUT2D eigenvalue weighted by Crippen LogP contribution is 2.27. The first-order chi connectivity index (χ1) is 13.0. The molecule has 0 amide bonds. The van der Waals surface area contributed by atoms with Crippen LogP contribution in [0.3, 0.4) is 0 Å². The Morgan fingerprint density at radius 1 is 0.815 bits per heavy atom. The van der Waals surface area contributed by atoms with Crippen LogP contribution in [-0.2, 0) is 23.2 Å². The Kier molecular flexibility index (Phi) is 6.39. The summed E-state index contributed by atoms with van der Waals surface area (Å²) >= 11 is 12.3. The van der Waals surface area contributed by atoms with Crippen molar-refractivity contribution in [1.29, 1.82) is 0 Å². The largest absolute Gasteiger partial charge is 0.488 e. The van der Waals surface area contributed by atoms with Gasteiger partial charge in [-0.3, -0.25) is 0 Å². The first kappa shape index (κ1) is 19.7. The normalized spacial score (nSPS) is 11.3. The first-order valence-corrected chi connectivity index (χ1v) is 10.4. The van der Waals surface area contributed by atoms with Crippen LogP contribution >= 0.6 is 23.2 Å². The third kappa shape index (κ3) is 5.02. The van der Waals surface area contributed by atoms with Crippen molar-refractivity contribution < 1.29 is 13.2 Å². The summed E-state index contributed by atoms with van der Waals surface area (Å²) in [4.78, 5) is 0.214. The van der Waals surface area contributed by atoms with E-state index in [-0.39, 0.29) is 18.0 Å². The molecule has 0 aliphatic carbocycles. The van der Waals surface area contributed by atoms with Gasteiger partial charge < -0.3 is 4.74 Å². The van der Waals surface area contributed by atoms with Gasteiger partial charge in [-0.1, -0.05) is 65.7 Å². The zero-order valence-electron chi connectivity index (χ0n) is 14.2. The summed E-state index contributed by atoms with van der Waals surface area (Å²) in [7, 11) is -3.60. The number of benzene rings is 3. The van der Waals surface area contributed by atoms with E-state index < -0.39 is 10.0 Å². The quantitative estimate of drug-likeness (QED) is 0.580. The minimum Gasteiger partial charge on any atom is -0.488 e. The van der Waals surface area contributed by atoms with Crippen LogP contribution in [0.15, 0.2) is 77.7 Å². The van der Waals surface area contributed by atoms with Gasteiger partial charge in [-0.25, -0.2) is 13.1 Å². The number of sulfonamides is 1. The van der Waals surface area contributed by atoms with Gasteiger partial charge in [-0.2, -0.15) is 0 Å². The molecule has 27 heavy (non-hydrogen) atoms. The molecule has 0 bridgehead atoms. The molecule has 140 valence electrons. The Morgan fingerprint density at radius 2 is 1.44 bits per heavy atom. The molecule has 0 saturated carbocycles. The van der Waals surface area contributed by atoms with Crippen molar-refractivity contribution >= 4 is 33.2 Å². The van der Waals surface area contributed by atoms with E-state index in [2.05, 4.69) is 4.72 Å². The molecular weight excluding hydrogens is 405 g/mol. The summed E-state index contributed by atoms with van der Waals surface area (Å²) in [5.74, 6) is 0.559. The van der Waals surface area contributed by atoms with E-state index in [0.717, 1.165) is 0 Å². The standard InChI is InChI=1S/C20H17Cl2NO3S/c21-18-10-6-11-19(22)17(18)14-26-20-12-5-4-7-15(20)13-23-27(24,25)16-8-2-1-3-9-16/h1-12,23H,13-14H2. The summed E-state index contributed by atoms with van der Waals surface area (Å²) in [5, 5.41) is 1.04. The molecule has 1 N–H and O–H groups in total. The smallest absolute Gasteiger partial charge is 0.240 e. The van der Waals surface area contributed by atoms with Crippen molar-refractivity contribution in [3.8, 4) is 5.75 Å². The lowest BCUT2D eigenvalue weighted by Crippen LogP contribution is -2.23. The maximum Gasteiger partial charge on any atom is 0.240 e. The minimum absolute atomic E-state index is 0.101. The van der Waals surface area contributed by atoms with Crippen LogP contribution in [0.2, 0.25) is 10.0 Å². The molecule has 7 heteroatoms. The fourth-order valence-electron chi connectivity index (χ4n) is 2.47. The zero-order chi connectivity index (χ0) is 19.3. The van der Waals surface area contributed by atoms with Crippen molar-refractivity contribution in [3.05, 3.63) is 94.0 Å². The van der Waals surface area contributed by atoms with Crippen LogP contribution in [0.5, 0.6) is 5.75 Å². The van der Waals surface area contributed by atoms with Crippen molar-refractivity contribution in [3.63, 3.8) is 0 Å². The number of rotatable bonds is 7. The summed E-state index contributed by atoms with van der Waals surface area (Å²) in [5.41, 5.74) is 1.39. The Hall–Kier alpha value is -2.05. The number of ether oxygens (including phenoxy) is 1. The van der Waals surface area contributed by atoms with Gasteiger partial charge in [-0.05, 0) is 30.3 Å². The predicted octanol–water partition coefficient (Wildman–Crippen LogP) is 5.05. The molecule has 0 aliphatic rings. The molecule has 0 atom stereocenters. The van der Waals surface area contributed by atoms with Crippen LogP contribution in [-0.4, -0.2) is 8.42 Å². The second kappa shape index (κ2) is 8.76. The molecule has 0 unspecified atom stereocenters. The lowest BCUT2D eigenvalue weighted by Gasteiger charge is -2.14. The summed E-state index contributed by atoms with van der Waals surface area (Å²) in [6.07, 6.45) is 0. The third-order valence-corrected chi connectivity index (χ3v) is 6.04. The van der Waals surface area contributed by atoms with Crippen molar-refractivity contribution in [2.24, 2.45) is 0 Å². The van der Waals surface area contributed by atoms with Gasteiger partial charge in [0.15, 0.2) is 0 Å². The Bertz CT molecular complexity index is 1000. The van der Waals surface area contributed by atoms with Crippen LogP contribution in [0, 0.1) is 0 Å². The van der Waals surface area contributed by atoms with E-state index in [1.54, 1.807) is 60.7 Å². The van der Waals surface area contributed by atoms with Gasteiger partial charge >= 0.3 is 0 Å². The van der Waals surface area contributed by atoms with Gasteiger partial charge in [0.05, 0.1) is 4.90 Å². The minimum atomic E-state index is -3.60. The molecule has 0 radical (unpaired) electrons. The summed E-state index contributed by atoms with van der Waals surface area (Å²) in [6, 6.07) is 20.7. The van der Waals surface area contributed by atoms with E-state index in [9.17, 15) is 8.42 Å². The zero-order valence-corrected chi connectivity index (χ0v) is 16.6. The second-order valence-corrected chi connectivity index (χ2v) is 8.32. The maximum atomic E-state index is 12.4. The van der Waals surface area contributed by atoms with Crippen LogP contribution in [0.1, 0.15) is 11.1 Å². The Labute approximate surface area is 168 Å². The van der Waals surface area contributed by atoms with E-state index in [1.165, 1.54) is 0 Å². The SMILES string of the molecule is O=S(=O)(NCc1ccccc1OCc1c(Cl)cccc1Cl)c1ccccc1. The Morgan fingerprint density at radius 3 is 2.15 bits per heavy atom. The van der Waals surface area contributed by atoms with Crippen LogP contribution < -0.4 is 9.46 Å². The average Bonchev–Trinajstić information content (AvgIpc) is 2.67. The molecule has 0 aromatic heterocycles. The molecule has 0 spiro atoms. The molecule has 0 fully saturated rings. The third-order valence-electron chi connectivity index (χ3n) is 3.91. The van der Waals surface area contributed by atoms with Gasteiger partial charge in [-0.15, -0.1) is 0 Å². The molecule has 0 saturated heterocycles. The van der Waals surface area contributed by atoms with Crippen molar-refractivity contribution in [2.45, 2.75) is 18.0 Å². The predicted molar refractivity (Wildman–Crippen MR) is 108 cm³/mol. The second-order valence-electron chi connectivity index (χ2n) is 5.73. The molecule has 3 aromatic carbocycles. The van der Waals surface area contributed by atoms with E-state index in [0.29, 0.717) is 26.9 Å². The number of hydrogen-bond acceptors (Lipinski definition) is 3. The van der Waals surface area contributed by atoms with Crippen molar-refractivity contribution in [2.75, 3.05) is 0 Å². The average molecular weight is 422 g/mol. The molecule has 3 rings (SSSR count). The fourth-order valence-corrected chi connectivity index (χ4v) is 4.00. The number of halogens is 2. The summed E-state index contributed by atoms with van der Waals surface area (Å²) < 4.78 is 33.2. The number of para-hydroxylation sites is 1. The first-order valence-electron chi connectivity index (χ1n) is 8.16. The topological polar surface area (TPSA) is 55.4 Å². The number of nitrogens with one attached hydrogen (secondary N) is 1. The highest BCUT2D eigenvalue weighted by Gasteiger charge is 2.14. The maximum absolute atomic E-state index is 12.4. The molecule has 0 heterocycles. The molecular formula is C20H17Cl2NO3S. The van der Waals surface area contributed by atoms with Crippen molar-refractivity contribution in [1.82, 2.24) is 4.72 Å². The lowest BCUT2D eigenvalue weighted by molar-refractivity contribution is 0.303. The van der Waals surface area contributed by atoms with E-state index in [1.807, 2.05) is 12.1 Å². The van der Waals surface area contributed by atoms with E-state index >= 15 is 0 Å². The number of hydrogen-bond donors (Lipinski definition) is 1.